The summed E-state index contributed by atoms with van der Waals surface area (Å²) in [5.41, 5.74) is 1.81. The number of methoxy groups -OCH3 is 1. The number of hydrogen-bond donors (Lipinski definition) is 1. The summed E-state index contributed by atoms with van der Waals surface area (Å²) < 4.78 is 31.2. The number of amides is 2. The Bertz CT molecular complexity index is 829. The first-order chi connectivity index (χ1) is 11.4. The lowest BCUT2D eigenvalue weighted by Crippen LogP contribution is -2.29. The van der Waals surface area contributed by atoms with Crippen LogP contribution in [0, 0.1) is 6.92 Å². The lowest BCUT2D eigenvalue weighted by atomic mass is 10.1. The first-order valence-electron chi connectivity index (χ1n) is 7.19. The molecule has 0 saturated heterocycles. The summed E-state index contributed by atoms with van der Waals surface area (Å²) in [4.78, 5) is 15.6. The van der Waals surface area contributed by atoms with Crippen molar-refractivity contribution < 1.29 is 17.9 Å². The van der Waals surface area contributed by atoms with Gasteiger partial charge in [-0.1, -0.05) is 48.0 Å². The fourth-order valence-corrected chi connectivity index (χ4v) is 2.84. The summed E-state index contributed by atoms with van der Waals surface area (Å²) >= 11 is 0. The van der Waals surface area contributed by atoms with Gasteiger partial charge >= 0.3 is 6.03 Å². The van der Waals surface area contributed by atoms with Gasteiger partial charge in [0, 0.05) is 6.42 Å². The topological polar surface area (TPSA) is 84.8 Å². The van der Waals surface area contributed by atoms with Crippen LogP contribution in [0.5, 0.6) is 0 Å². The second kappa shape index (κ2) is 7.74. The van der Waals surface area contributed by atoms with Crippen LogP contribution in [-0.4, -0.2) is 27.5 Å². The van der Waals surface area contributed by atoms with Crippen LogP contribution in [0.25, 0.3) is 0 Å². The predicted molar refractivity (Wildman–Crippen MR) is 91.5 cm³/mol. The maximum atomic E-state index is 12.1. The molecule has 24 heavy (non-hydrogen) atoms. The molecule has 0 radical (unpaired) electrons. The van der Waals surface area contributed by atoms with Crippen molar-refractivity contribution in [2.24, 2.45) is 4.99 Å². The number of carbonyl (C=O) groups is 1. The van der Waals surface area contributed by atoms with E-state index in [0.717, 1.165) is 11.1 Å². The van der Waals surface area contributed by atoms with Gasteiger partial charge in [-0.15, -0.1) is 0 Å². The smallest absolute Gasteiger partial charge is 0.357 e. The molecule has 126 valence electrons. The van der Waals surface area contributed by atoms with E-state index in [1.54, 1.807) is 12.1 Å². The summed E-state index contributed by atoms with van der Waals surface area (Å²) in [7, 11) is -2.59. The number of benzene rings is 2. The van der Waals surface area contributed by atoms with Crippen molar-refractivity contribution in [2.75, 3.05) is 7.11 Å². The molecule has 2 amide bonds. The average Bonchev–Trinajstić information content (AvgIpc) is 2.55. The van der Waals surface area contributed by atoms with Crippen LogP contribution in [0.4, 0.5) is 4.79 Å². The number of nitrogens with zero attached hydrogens (tertiary/aromatic N) is 1. The summed E-state index contributed by atoms with van der Waals surface area (Å²) in [5.74, 6) is 0.123. The number of sulfonamides is 1. The lowest BCUT2D eigenvalue weighted by Gasteiger charge is -2.07. The number of nitrogens with one attached hydrogen (secondary N) is 1. The van der Waals surface area contributed by atoms with Gasteiger partial charge in [-0.2, -0.15) is 4.99 Å². The van der Waals surface area contributed by atoms with Crippen molar-refractivity contribution in [3.05, 3.63) is 65.7 Å². The molecule has 1 N–H and O–H groups in total. The van der Waals surface area contributed by atoms with E-state index in [1.165, 1.54) is 19.2 Å². The van der Waals surface area contributed by atoms with Crippen molar-refractivity contribution in [3.63, 3.8) is 0 Å². The Morgan fingerprint density at radius 1 is 1.08 bits per heavy atom. The highest BCUT2D eigenvalue weighted by molar-refractivity contribution is 7.90. The Kier molecular flexibility index (Phi) is 5.70. The van der Waals surface area contributed by atoms with Crippen molar-refractivity contribution in [3.8, 4) is 0 Å². The molecular weight excluding hydrogens is 328 g/mol. The molecule has 0 heterocycles. The molecule has 2 rings (SSSR count). The van der Waals surface area contributed by atoms with E-state index in [0.29, 0.717) is 0 Å². The van der Waals surface area contributed by atoms with Gasteiger partial charge in [0.2, 0.25) is 0 Å². The summed E-state index contributed by atoms with van der Waals surface area (Å²) in [5, 5.41) is 0. The van der Waals surface area contributed by atoms with Gasteiger partial charge in [-0.3, -0.25) is 0 Å². The van der Waals surface area contributed by atoms with Crippen molar-refractivity contribution in [1.82, 2.24) is 4.72 Å². The van der Waals surface area contributed by atoms with Crippen LogP contribution >= 0.6 is 0 Å². The molecule has 0 atom stereocenters. The summed E-state index contributed by atoms with van der Waals surface area (Å²) in [6.07, 6.45) is 0.287. The second-order valence-electron chi connectivity index (χ2n) is 5.10. The molecule has 0 aromatic heterocycles. The summed E-state index contributed by atoms with van der Waals surface area (Å²) in [6, 6.07) is 14.4. The van der Waals surface area contributed by atoms with Gasteiger partial charge in [-0.05, 0) is 24.6 Å². The third-order valence-electron chi connectivity index (χ3n) is 3.21. The van der Waals surface area contributed by atoms with E-state index in [-0.39, 0.29) is 17.2 Å². The molecule has 0 aliphatic heterocycles. The first kappa shape index (κ1) is 17.7. The Morgan fingerprint density at radius 3 is 2.29 bits per heavy atom. The van der Waals surface area contributed by atoms with Gasteiger partial charge in [0.1, 0.15) is 0 Å². The van der Waals surface area contributed by atoms with Gasteiger partial charge in [-0.25, -0.2) is 17.9 Å². The summed E-state index contributed by atoms with van der Waals surface area (Å²) in [6.45, 7) is 1.84. The number of aliphatic imine (C=N–C) groups is 1. The number of rotatable bonds is 4. The van der Waals surface area contributed by atoms with Crippen LogP contribution in [0.15, 0.2) is 64.5 Å². The molecule has 0 aliphatic rings. The van der Waals surface area contributed by atoms with E-state index >= 15 is 0 Å². The minimum Gasteiger partial charge on any atom is -0.484 e. The zero-order chi connectivity index (χ0) is 17.6. The number of hydrogen-bond acceptors (Lipinski definition) is 4. The number of urea groups is 1. The molecule has 0 aliphatic carbocycles. The fourth-order valence-electron chi connectivity index (χ4n) is 1.96. The second-order valence-corrected chi connectivity index (χ2v) is 6.78. The Balaban J connectivity index is 2.11. The van der Waals surface area contributed by atoms with Crippen molar-refractivity contribution >= 4 is 22.0 Å². The van der Waals surface area contributed by atoms with E-state index < -0.39 is 16.1 Å². The normalized spacial score (nSPS) is 11.8. The number of aryl methyl sites for hydroxylation is 1. The van der Waals surface area contributed by atoms with Crippen molar-refractivity contribution in [2.45, 2.75) is 18.2 Å². The van der Waals surface area contributed by atoms with Gasteiger partial charge in [0.05, 0.1) is 12.0 Å². The van der Waals surface area contributed by atoms with Crippen LogP contribution in [0.2, 0.25) is 0 Å². The SMILES string of the molecule is CO/C(Cc1ccccc1)=N\C(=O)NS(=O)(=O)c1ccc(C)cc1. The minimum atomic E-state index is -3.97. The average molecular weight is 346 g/mol. The predicted octanol–water partition coefficient (Wildman–Crippen LogP) is 2.68. The molecule has 6 nitrogen and oxygen atoms in total. The lowest BCUT2D eigenvalue weighted by molar-refractivity contribution is 0.252. The van der Waals surface area contributed by atoms with E-state index in [1.807, 2.05) is 42.0 Å². The van der Waals surface area contributed by atoms with E-state index in [9.17, 15) is 13.2 Å². The van der Waals surface area contributed by atoms with E-state index in [4.69, 9.17) is 4.74 Å². The maximum absolute atomic E-state index is 12.1. The molecule has 7 heteroatoms. The zero-order valence-electron chi connectivity index (χ0n) is 13.4. The molecule has 2 aromatic carbocycles. The number of ether oxygens (including phenoxy) is 1. The molecule has 0 spiro atoms. The quantitative estimate of drug-likeness (QED) is 0.681. The fraction of sp³-hybridized carbons (Fsp3) is 0.176. The molecule has 0 saturated carbocycles. The molecule has 0 fully saturated rings. The van der Waals surface area contributed by atoms with Crippen LogP contribution in [0.3, 0.4) is 0 Å². The Hall–Kier alpha value is -2.67. The minimum absolute atomic E-state index is 0.00123. The Morgan fingerprint density at radius 2 is 1.71 bits per heavy atom. The highest BCUT2D eigenvalue weighted by Gasteiger charge is 2.17. The van der Waals surface area contributed by atoms with Gasteiger partial charge in [0.25, 0.3) is 10.0 Å². The Labute approximate surface area is 141 Å². The molecule has 2 aromatic rings. The highest BCUT2D eigenvalue weighted by atomic mass is 32.2. The van der Waals surface area contributed by atoms with Crippen LogP contribution in [0.1, 0.15) is 11.1 Å². The number of carbonyl (C=O) groups excluding carboxylic acids is 1. The molecular formula is C17H18N2O4S. The molecule has 0 unspecified atom stereocenters. The van der Waals surface area contributed by atoms with Gasteiger partial charge < -0.3 is 4.74 Å². The maximum Gasteiger partial charge on any atom is 0.357 e. The van der Waals surface area contributed by atoms with Crippen LogP contribution < -0.4 is 4.72 Å². The largest absolute Gasteiger partial charge is 0.484 e. The van der Waals surface area contributed by atoms with Crippen molar-refractivity contribution in [1.29, 1.82) is 0 Å². The highest BCUT2D eigenvalue weighted by Crippen LogP contribution is 2.10. The van der Waals surface area contributed by atoms with Crippen LogP contribution in [-0.2, 0) is 21.2 Å². The van der Waals surface area contributed by atoms with Gasteiger partial charge in [0.15, 0.2) is 5.90 Å². The monoisotopic (exact) mass is 346 g/mol. The third kappa shape index (κ3) is 4.92. The zero-order valence-corrected chi connectivity index (χ0v) is 14.2. The third-order valence-corrected chi connectivity index (χ3v) is 4.55. The standard InChI is InChI=1S/C17H18N2O4S/c1-13-8-10-15(11-9-13)24(21,22)19-17(20)18-16(23-2)12-14-6-4-3-5-7-14/h3-11H,12H2,1-2H3,(H,19,20)/b18-16-. The molecule has 0 bridgehead atoms. The first-order valence-corrected chi connectivity index (χ1v) is 8.68. The van der Waals surface area contributed by atoms with E-state index in [2.05, 4.69) is 4.99 Å².